The Kier molecular flexibility index (Phi) is 4.89. The van der Waals surface area contributed by atoms with Crippen LogP contribution in [0.3, 0.4) is 0 Å². The van der Waals surface area contributed by atoms with Crippen LogP contribution >= 0.6 is 0 Å². The van der Waals surface area contributed by atoms with E-state index in [1.807, 2.05) is 0 Å². The first-order valence-electron chi connectivity index (χ1n) is 9.40. The van der Waals surface area contributed by atoms with Crippen molar-refractivity contribution in [2.75, 3.05) is 6.54 Å². The number of nitrogens with one attached hydrogen (secondary N) is 1. The quantitative estimate of drug-likeness (QED) is 0.655. The number of hydrogen-bond donors (Lipinski definition) is 1. The van der Waals surface area contributed by atoms with Gasteiger partial charge >= 0.3 is 0 Å². The Hall–Kier alpha value is -2.40. The Morgan fingerprint density at radius 1 is 1.31 bits per heavy atom. The zero-order chi connectivity index (χ0) is 17.9. The molecular formula is C21H26N4O. The molecule has 1 N–H and O–H groups in total. The maximum absolute atomic E-state index is 6.43. The Labute approximate surface area is 154 Å². The summed E-state index contributed by atoms with van der Waals surface area (Å²) >= 11 is 0. The monoisotopic (exact) mass is 350 g/mol. The molecule has 2 aliphatic rings. The second-order valence-electron chi connectivity index (χ2n) is 7.18. The third kappa shape index (κ3) is 3.31. The lowest BCUT2D eigenvalue weighted by molar-refractivity contribution is 0.201. The highest BCUT2D eigenvalue weighted by atomic mass is 16.5. The predicted octanol–water partition coefficient (Wildman–Crippen LogP) is 3.98. The minimum atomic E-state index is 0.255. The van der Waals surface area contributed by atoms with Crippen LogP contribution < -0.4 is 10.1 Å². The lowest BCUT2D eigenvalue weighted by Crippen LogP contribution is -2.25. The van der Waals surface area contributed by atoms with Gasteiger partial charge in [-0.2, -0.15) is 0 Å². The Bertz CT molecular complexity index is 823. The number of fused-ring (bicyclic) bond motifs is 1. The number of rotatable bonds is 5. The van der Waals surface area contributed by atoms with E-state index < -0.39 is 0 Å². The molecule has 26 heavy (non-hydrogen) atoms. The lowest BCUT2D eigenvalue weighted by Gasteiger charge is -2.23. The van der Waals surface area contributed by atoms with Crippen molar-refractivity contribution in [3.8, 4) is 5.75 Å². The molecule has 0 bridgehead atoms. The molecule has 1 aliphatic heterocycles. The fraction of sp³-hybridized carbons (Fsp3) is 0.429. The van der Waals surface area contributed by atoms with E-state index in [9.17, 15) is 0 Å². The first-order valence-corrected chi connectivity index (χ1v) is 9.40. The van der Waals surface area contributed by atoms with E-state index in [-0.39, 0.29) is 6.10 Å². The van der Waals surface area contributed by atoms with E-state index in [2.05, 4.69) is 64.0 Å². The summed E-state index contributed by atoms with van der Waals surface area (Å²) in [6.07, 6.45) is 8.18. The molecule has 4 rings (SSSR count). The molecule has 1 fully saturated rings. The number of aryl methyl sites for hydroxylation is 1. The summed E-state index contributed by atoms with van der Waals surface area (Å²) in [5.74, 6) is 2.03. The molecular weight excluding hydrogens is 324 g/mol. The van der Waals surface area contributed by atoms with Gasteiger partial charge in [0.1, 0.15) is 24.0 Å². The summed E-state index contributed by atoms with van der Waals surface area (Å²) in [6.45, 7) is 7.52. The summed E-state index contributed by atoms with van der Waals surface area (Å²) in [4.78, 5) is 8.20. The van der Waals surface area contributed by atoms with Crippen molar-refractivity contribution in [2.45, 2.75) is 51.3 Å². The fourth-order valence-electron chi connectivity index (χ4n) is 4.15. The Morgan fingerprint density at radius 3 is 3.12 bits per heavy atom. The second-order valence-corrected chi connectivity index (χ2v) is 7.18. The molecule has 1 saturated carbocycles. The molecule has 2 aromatic rings. The van der Waals surface area contributed by atoms with Crippen molar-refractivity contribution >= 4 is 18.9 Å². The highest BCUT2D eigenvalue weighted by Crippen LogP contribution is 2.38. The van der Waals surface area contributed by atoms with Crippen molar-refractivity contribution < 1.29 is 4.74 Å². The lowest BCUT2D eigenvalue weighted by atomic mass is 10.0. The molecule has 0 saturated heterocycles. The molecule has 2 atom stereocenters. The summed E-state index contributed by atoms with van der Waals surface area (Å²) in [6, 6.07) is 8.99. The van der Waals surface area contributed by atoms with E-state index in [0.29, 0.717) is 6.04 Å². The zero-order valence-corrected chi connectivity index (χ0v) is 15.3. The standard InChI is InChI=1S/C21H26N4O/c1-15-9-11-25(21(15)24-14-22-2)17-6-7-18(12-17)26-20-5-3-4-16-8-10-23-13-19(16)20/h3-5,9,11,14,17-18,23H,2,6-8,10,12-13H2,1H3/t17?,18-/m1/s1. The van der Waals surface area contributed by atoms with Crippen LogP contribution in [-0.4, -0.2) is 30.3 Å². The van der Waals surface area contributed by atoms with Crippen molar-refractivity contribution in [1.82, 2.24) is 9.88 Å². The van der Waals surface area contributed by atoms with Crippen molar-refractivity contribution in [2.24, 2.45) is 9.98 Å². The van der Waals surface area contributed by atoms with E-state index in [0.717, 1.165) is 55.9 Å². The maximum atomic E-state index is 6.43. The molecule has 1 aromatic heterocycles. The van der Waals surface area contributed by atoms with Crippen LogP contribution in [0, 0.1) is 6.92 Å². The average Bonchev–Trinajstić information content (AvgIpc) is 3.27. The number of aromatic nitrogens is 1. The van der Waals surface area contributed by atoms with Gasteiger partial charge in [-0.15, -0.1) is 0 Å². The van der Waals surface area contributed by atoms with Gasteiger partial charge in [0.2, 0.25) is 0 Å². The van der Waals surface area contributed by atoms with E-state index in [1.165, 1.54) is 17.5 Å². The molecule has 0 spiro atoms. The number of aliphatic imine (C=N–C) groups is 2. The van der Waals surface area contributed by atoms with E-state index in [4.69, 9.17) is 4.74 Å². The first kappa shape index (κ1) is 17.0. The average molecular weight is 350 g/mol. The van der Waals surface area contributed by atoms with Gasteiger partial charge in [-0.3, -0.25) is 4.99 Å². The van der Waals surface area contributed by atoms with Crippen LogP contribution in [-0.2, 0) is 13.0 Å². The number of ether oxygens (including phenoxy) is 1. The molecule has 0 amide bonds. The van der Waals surface area contributed by atoms with Crippen LogP contribution in [0.2, 0.25) is 0 Å². The van der Waals surface area contributed by atoms with Gasteiger partial charge in [-0.05, 0) is 62.7 Å². The second kappa shape index (κ2) is 7.46. The zero-order valence-electron chi connectivity index (χ0n) is 15.3. The molecule has 1 aliphatic carbocycles. The highest BCUT2D eigenvalue weighted by molar-refractivity contribution is 5.66. The molecule has 5 heteroatoms. The minimum absolute atomic E-state index is 0.255. The molecule has 5 nitrogen and oxygen atoms in total. The third-order valence-electron chi connectivity index (χ3n) is 5.49. The van der Waals surface area contributed by atoms with Gasteiger partial charge in [-0.1, -0.05) is 12.1 Å². The molecule has 1 aromatic carbocycles. The van der Waals surface area contributed by atoms with Crippen LogP contribution in [0.25, 0.3) is 0 Å². The number of hydrogen-bond acceptors (Lipinski definition) is 3. The fourth-order valence-corrected chi connectivity index (χ4v) is 4.15. The maximum Gasteiger partial charge on any atom is 0.137 e. The summed E-state index contributed by atoms with van der Waals surface area (Å²) in [5.41, 5.74) is 3.92. The molecule has 136 valence electrons. The summed E-state index contributed by atoms with van der Waals surface area (Å²) < 4.78 is 8.70. The van der Waals surface area contributed by atoms with Crippen LogP contribution in [0.15, 0.2) is 40.4 Å². The van der Waals surface area contributed by atoms with Gasteiger partial charge in [-0.25, -0.2) is 4.99 Å². The predicted molar refractivity (Wildman–Crippen MR) is 106 cm³/mol. The normalized spacial score (nSPS) is 22.5. The third-order valence-corrected chi connectivity index (χ3v) is 5.49. The Balaban J connectivity index is 1.48. The SMILES string of the molecule is C=NC=Nc1c(C)ccn1C1CC[C@@H](Oc2cccc3c2CNCC3)C1. The van der Waals surface area contributed by atoms with E-state index >= 15 is 0 Å². The summed E-state index contributed by atoms with van der Waals surface area (Å²) in [5, 5.41) is 3.46. The van der Waals surface area contributed by atoms with Crippen LogP contribution in [0.5, 0.6) is 5.75 Å². The largest absolute Gasteiger partial charge is 0.490 e. The van der Waals surface area contributed by atoms with Gasteiger partial charge in [0, 0.05) is 30.8 Å². The van der Waals surface area contributed by atoms with Gasteiger partial charge in [0.05, 0.1) is 0 Å². The number of nitrogens with zero attached hydrogens (tertiary/aromatic N) is 3. The molecule has 0 radical (unpaired) electrons. The van der Waals surface area contributed by atoms with Crippen molar-refractivity contribution in [1.29, 1.82) is 0 Å². The van der Waals surface area contributed by atoms with E-state index in [1.54, 1.807) is 0 Å². The first-order chi connectivity index (χ1) is 12.8. The van der Waals surface area contributed by atoms with Crippen LogP contribution in [0.4, 0.5) is 5.82 Å². The minimum Gasteiger partial charge on any atom is -0.490 e. The van der Waals surface area contributed by atoms with Gasteiger partial charge < -0.3 is 14.6 Å². The number of benzene rings is 1. The van der Waals surface area contributed by atoms with Gasteiger partial charge in [0.15, 0.2) is 0 Å². The molecule has 1 unspecified atom stereocenters. The topological polar surface area (TPSA) is 50.9 Å². The van der Waals surface area contributed by atoms with Crippen molar-refractivity contribution in [3.63, 3.8) is 0 Å². The Morgan fingerprint density at radius 2 is 2.23 bits per heavy atom. The van der Waals surface area contributed by atoms with Crippen LogP contribution in [0.1, 0.15) is 42.0 Å². The highest BCUT2D eigenvalue weighted by Gasteiger charge is 2.29. The molecule has 2 heterocycles. The van der Waals surface area contributed by atoms with Crippen molar-refractivity contribution in [3.05, 3.63) is 47.2 Å². The van der Waals surface area contributed by atoms with Gasteiger partial charge in [0.25, 0.3) is 0 Å². The smallest absolute Gasteiger partial charge is 0.137 e. The summed E-state index contributed by atoms with van der Waals surface area (Å²) in [7, 11) is 0.